The second-order valence-electron chi connectivity index (χ2n) is 4.65. The van der Waals surface area contributed by atoms with E-state index in [1.807, 2.05) is 19.1 Å². The summed E-state index contributed by atoms with van der Waals surface area (Å²) in [5, 5.41) is 11.9. The Balaban J connectivity index is 2.23. The van der Waals surface area contributed by atoms with E-state index in [1.165, 1.54) is 0 Å². The lowest BCUT2D eigenvalue weighted by Crippen LogP contribution is -2.55. The van der Waals surface area contributed by atoms with Crippen LogP contribution in [-0.2, 0) is 16.0 Å². The average Bonchev–Trinajstić information content (AvgIpc) is 2.88. The van der Waals surface area contributed by atoms with Crippen molar-refractivity contribution in [3.8, 4) is 0 Å². The quantitative estimate of drug-likeness (QED) is 0.856. The molecule has 1 fully saturated rings. The summed E-state index contributed by atoms with van der Waals surface area (Å²) in [5.41, 5.74) is 0.134. The lowest BCUT2D eigenvalue weighted by Gasteiger charge is -2.24. The molecule has 2 N–H and O–H groups in total. The van der Waals surface area contributed by atoms with Crippen LogP contribution in [0, 0.1) is 0 Å². The third kappa shape index (κ3) is 2.61. The second-order valence-corrected chi connectivity index (χ2v) is 4.65. The SMILES string of the molecule is CCc1ccccc1C(=O)NC1(C(=O)O)CCOC1. The summed E-state index contributed by atoms with van der Waals surface area (Å²) in [6.07, 6.45) is 1.02. The summed E-state index contributed by atoms with van der Waals surface area (Å²) in [6, 6.07) is 7.21. The Kier molecular flexibility index (Phi) is 3.85. The molecule has 1 aliphatic rings. The highest BCUT2D eigenvalue weighted by molar-refractivity contribution is 5.99. The molecule has 0 aromatic heterocycles. The van der Waals surface area contributed by atoms with E-state index in [1.54, 1.807) is 12.1 Å². The highest BCUT2D eigenvalue weighted by atomic mass is 16.5. The molecule has 1 heterocycles. The van der Waals surface area contributed by atoms with Gasteiger partial charge in [-0.2, -0.15) is 0 Å². The van der Waals surface area contributed by atoms with Crippen LogP contribution >= 0.6 is 0 Å². The molecule has 1 unspecified atom stereocenters. The summed E-state index contributed by atoms with van der Waals surface area (Å²) in [6.45, 7) is 2.32. The number of aliphatic carboxylic acids is 1. The molecule has 0 saturated carbocycles. The van der Waals surface area contributed by atoms with Crippen molar-refractivity contribution in [2.75, 3.05) is 13.2 Å². The van der Waals surface area contributed by atoms with Crippen LogP contribution in [0.3, 0.4) is 0 Å². The largest absolute Gasteiger partial charge is 0.479 e. The highest BCUT2D eigenvalue weighted by Gasteiger charge is 2.44. The fourth-order valence-corrected chi connectivity index (χ4v) is 2.22. The van der Waals surface area contributed by atoms with Gasteiger partial charge in [-0.25, -0.2) is 4.79 Å². The summed E-state index contributed by atoms with van der Waals surface area (Å²) in [7, 11) is 0. The molecule has 5 heteroatoms. The molecule has 0 spiro atoms. The number of hydrogen-bond acceptors (Lipinski definition) is 3. The van der Waals surface area contributed by atoms with Crippen LogP contribution < -0.4 is 5.32 Å². The second kappa shape index (κ2) is 5.40. The van der Waals surface area contributed by atoms with Gasteiger partial charge >= 0.3 is 5.97 Å². The van der Waals surface area contributed by atoms with Gasteiger partial charge in [-0.05, 0) is 18.1 Å². The zero-order valence-corrected chi connectivity index (χ0v) is 10.8. The number of carboxylic acids is 1. The molecule has 102 valence electrons. The van der Waals surface area contributed by atoms with Gasteiger partial charge < -0.3 is 15.2 Å². The van der Waals surface area contributed by atoms with Gasteiger partial charge in [-0.3, -0.25) is 4.79 Å². The maximum absolute atomic E-state index is 12.3. The van der Waals surface area contributed by atoms with Gasteiger partial charge in [0.05, 0.1) is 6.61 Å². The lowest BCUT2D eigenvalue weighted by molar-refractivity contribution is -0.144. The number of carbonyl (C=O) groups excluding carboxylic acids is 1. The van der Waals surface area contributed by atoms with Crippen LogP contribution in [0.15, 0.2) is 24.3 Å². The molecule has 0 aliphatic carbocycles. The van der Waals surface area contributed by atoms with Crippen molar-refractivity contribution in [3.63, 3.8) is 0 Å². The van der Waals surface area contributed by atoms with E-state index in [4.69, 9.17) is 4.74 Å². The van der Waals surface area contributed by atoms with Crippen LogP contribution in [0.5, 0.6) is 0 Å². The minimum Gasteiger partial charge on any atom is -0.479 e. The molecule has 1 atom stereocenters. The third-order valence-corrected chi connectivity index (χ3v) is 3.43. The van der Waals surface area contributed by atoms with Crippen molar-refractivity contribution >= 4 is 11.9 Å². The normalized spacial score (nSPS) is 22.2. The summed E-state index contributed by atoms with van der Waals surface area (Å²) in [5.74, 6) is -1.40. The van der Waals surface area contributed by atoms with Crippen LogP contribution in [0.2, 0.25) is 0 Å². The first kappa shape index (κ1) is 13.5. The van der Waals surface area contributed by atoms with E-state index in [0.29, 0.717) is 18.6 Å². The Morgan fingerprint density at radius 3 is 2.74 bits per heavy atom. The minimum atomic E-state index is -1.29. The molecule has 5 nitrogen and oxygen atoms in total. The van der Waals surface area contributed by atoms with E-state index in [2.05, 4.69) is 5.32 Å². The van der Waals surface area contributed by atoms with Crippen LogP contribution in [0.4, 0.5) is 0 Å². The number of carbonyl (C=O) groups is 2. The molecule has 1 saturated heterocycles. The van der Waals surface area contributed by atoms with Gasteiger partial charge in [-0.15, -0.1) is 0 Å². The Morgan fingerprint density at radius 1 is 1.42 bits per heavy atom. The number of nitrogens with one attached hydrogen (secondary N) is 1. The number of amides is 1. The van der Waals surface area contributed by atoms with Gasteiger partial charge in [0.15, 0.2) is 5.54 Å². The number of carboxylic acid groups (broad SMARTS) is 1. The maximum Gasteiger partial charge on any atom is 0.331 e. The Hall–Kier alpha value is -1.88. The molecule has 1 aromatic rings. The summed E-state index contributed by atoms with van der Waals surface area (Å²) in [4.78, 5) is 23.6. The number of hydrogen-bond donors (Lipinski definition) is 2. The van der Waals surface area contributed by atoms with Crippen molar-refractivity contribution in [2.24, 2.45) is 0 Å². The molecule has 1 aliphatic heterocycles. The Labute approximate surface area is 111 Å². The molecule has 1 amide bonds. The highest BCUT2D eigenvalue weighted by Crippen LogP contribution is 2.20. The number of rotatable bonds is 4. The van der Waals surface area contributed by atoms with Crippen LogP contribution in [-0.4, -0.2) is 35.7 Å². The molecular formula is C14H17NO4. The first-order valence-electron chi connectivity index (χ1n) is 6.30. The van der Waals surface area contributed by atoms with Crippen LogP contribution in [0.25, 0.3) is 0 Å². The standard InChI is InChI=1S/C14H17NO4/c1-2-10-5-3-4-6-11(10)12(16)15-14(13(17)18)7-8-19-9-14/h3-6H,2,7-9H2,1H3,(H,15,16)(H,17,18). The van der Waals surface area contributed by atoms with E-state index < -0.39 is 11.5 Å². The van der Waals surface area contributed by atoms with Crippen molar-refractivity contribution in [2.45, 2.75) is 25.3 Å². The zero-order chi connectivity index (χ0) is 13.9. The van der Waals surface area contributed by atoms with E-state index in [-0.39, 0.29) is 12.5 Å². The average molecular weight is 263 g/mol. The number of benzene rings is 1. The summed E-state index contributed by atoms with van der Waals surface area (Å²) < 4.78 is 5.12. The smallest absolute Gasteiger partial charge is 0.331 e. The van der Waals surface area contributed by atoms with Gasteiger partial charge in [0.2, 0.25) is 0 Å². The van der Waals surface area contributed by atoms with Crippen molar-refractivity contribution in [1.29, 1.82) is 0 Å². The number of aryl methyl sites for hydroxylation is 1. The summed E-state index contributed by atoms with van der Waals surface area (Å²) >= 11 is 0. The number of ether oxygens (including phenoxy) is 1. The van der Waals surface area contributed by atoms with Crippen molar-refractivity contribution < 1.29 is 19.4 Å². The first-order valence-corrected chi connectivity index (χ1v) is 6.30. The van der Waals surface area contributed by atoms with Crippen LogP contribution in [0.1, 0.15) is 29.3 Å². The van der Waals surface area contributed by atoms with E-state index in [9.17, 15) is 14.7 Å². The monoisotopic (exact) mass is 263 g/mol. The molecule has 0 bridgehead atoms. The molecular weight excluding hydrogens is 246 g/mol. The van der Waals surface area contributed by atoms with Gasteiger partial charge in [0, 0.05) is 18.6 Å². The fourth-order valence-electron chi connectivity index (χ4n) is 2.22. The fraction of sp³-hybridized carbons (Fsp3) is 0.429. The predicted molar refractivity (Wildman–Crippen MR) is 69.1 cm³/mol. The zero-order valence-electron chi connectivity index (χ0n) is 10.8. The lowest BCUT2D eigenvalue weighted by atomic mass is 9.97. The van der Waals surface area contributed by atoms with Gasteiger partial charge in [-0.1, -0.05) is 25.1 Å². The van der Waals surface area contributed by atoms with Crippen molar-refractivity contribution in [1.82, 2.24) is 5.32 Å². The van der Waals surface area contributed by atoms with E-state index >= 15 is 0 Å². The van der Waals surface area contributed by atoms with E-state index in [0.717, 1.165) is 12.0 Å². The minimum absolute atomic E-state index is 0.0162. The van der Waals surface area contributed by atoms with Gasteiger partial charge in [0.25, 0.3) is 5.91 Å². The Morgan fingerprint density at radius 2 is 2.16 bits per heavy atom. The third-order valence-electron chi connectivity index (χ3n) is 3.43. The van der Waals surface area contributed by atoms with Crippen molar-refractivity contribution in [3.05, 3.63) is 35.4 Å². The first-order chi connectivity index (χ1) is 9.09. The van der Waals surface area contributed by atoms with Gasteiger partial charge in [0.1, 0.15) is 0 Å². The molecule has 19 heavy (non-hydrogen) atoms. The molecule has 2 rings (SSSR count). The predicted octanol–water partition coefficient (Wildman–Crippen LogP) is 1.22. The topological polar surface area (TPSA) is 75.6 Å². The molecule has 0 radical (unpaired) electrons. The Bertz CT molecular complexity index is 492. The maximum atomic E-state index is 12.3. The molecule has 1 aromatic carbocycles.